The Kier molecular flexibility index (Phi) is 6.29. The number of fused-ring (bicyclic) bond motifs is 1. The van der Waals surface area contributed by atoms with Gasteiger partial charge in [-0.1, -0.05) is 18.2 Å². The van der Waals surface area contributed by atoms with E-state index in [1.165, 1.54) is 17.7 Å². The molecule has 0 aliphatic rings. The third kappa shape index (κ3) is 4.98. The van der Waals surface area contributed by atoms with Crippen LogP contribution < -0.4 is 15.6 Å². The fraction of sp³-hybridized carbons (Fsp3) is 0.111. The van der Waals surface area contributed by atoms with Crippen molar-refractivity contribution in [3.05, 3.63) is 94.8 Å². The molecular weight excluding hydrogens is 474 g/mol. The van der Waals surface area contributed by atoms with E-state index in [4.69, 9.17) is 9.47 Å². The van der Waals surface area contributed by atoms with Gasteiger partial charge in [-0.2, -0.15) is 0 Å². The molecule has 0 spiro atoms. The molecular formula is C27H23N5O5. The van der Waals surface area contributed by atoms with Crippen molar-refractivity contribution in [2.75, 3.05) is 12.4 Å². The third-order valence-electron chi connectivity index (χ3n) is 5.73. The van der Waals surface area contributed by atoms with E-state index in [1.54, 1.807) is 49.6 Å². The molecule has 0 radical (unpaired) electrons. The lowest BCUT2D eigenvalue weighted by atomic mass is 10.2. The van der Waals surface area contributed by atoms with Crippen LogP contribution in [0.4, 0.5) is 5.82 Å². The van der Waals surface area contributed by atoms with E-state index in [0.717, 1.165) is 11.3 Å². The van der Waals surface area contributed by atoms with Crippen molar-refractivity contribution >= 4 is 28.7 Å². The lowest BCUT2D eigenvalue weighted by Crippen LogP contribution is -2.30. The molecule has 1 atom stereocenters. The van der Waals surface area contributed by atoms with Crippen molar-refractivity contribution in [2.45, 2.75) is 13.0 Å². The molecule has 0 aliphatic carbocycles. The fourth-order valence-electron chi connectivity index (χ4n) is 3.77. The number of aromatic amines is 2. The molecule has 0 aliphatic heterocycles. The molecule has 5 rings (SSSR count). The van der Waals surface area contributed by atoms with E-state index in [2.05, 4.69) is 20.4 Å². The number of nitrogens with one attached hydrogen (secondary N) is 3. The highest BCUT2D eigenvalue weighted by atomic mass is 16.5. The summed E-state index contributed by atoms with van der Waals surface area (Å²) in [5.41, 5.74) is 2.74. The van der Waals surface area contributed by atoms with Crippen LogP contribution in [0, 0.1) is 0 Å². The third-order valence-corrected chi connectivity index (χ3v) is 5.73. The Morgan fingerprint density at radius 1 is 1.00 bits per heavy atom. The van der Waals surface area contributed by atoms with Gasteiger partial charge in [0.05, 0.1) is 29.4 Å². The molecule has 2 heterocycles. The van der Waals surface area contributed by atoms with E-state index >= 15 is 0 Å². The minimum atomic E-state index is -1.11. The minimum Gasteiger partial charge on any atom is -0.497 e. The first-order chi connectivity index (χ1) is 17.9. The summed E-state index contributed by atoms with van der Waals surface area (Å²) in [7, 11) is 1.60. The molecule has 2 aromatic heterocycles. The molecule has 0 fully saturated rings. The number of rotatable bonds is 7. The summed E-state index contributed by atoms with van der Waals surface area (Å²) in [6.45, 7) is 1.45. The number of benzene rings is 3. The second-order valence-corrected chi connectivity index (χ2v) is 8.26. The average Bonchev–Trinajstić information content (AvgIpc) is 3.51. The second-order valence-electron chi connectivity index (χ2n) is 8.26. The first-order valence-electron chi connectivity index (χ1n) is 11.4. The number of carbonyl (C=O) groups is 2. The smallest absolute Gasteiger partial charge is 0.338 e. The first kappa shape index (κ1) is 23.6. The number of anilines is 1. The monoisotopic (exact) mass is 497 g/mol. The number of ether oxygens (including phenoxy) is 2. The SMILES string of the molecule is COc1ccc(-c2nc3ccc(C(=O)OC(C)C(=O)Nc4cc(=O)n(-c5ccccc5)[nH]4)cc3[nH]2)cc1. The lowest BCUT2D eigenvalue weighted by molar-refractivity contribution is -0.123. The Hall–Kier alpha value is -5.12. The second kappa shape index (κ2) is 9.86. The predicted octanol–water partition coefficient (Wildman–Crippen LogP) is 3.90. The van der Waals surface area contributed by atoms with Gasteiger partial charge in [-0.25, -0.2) is 14.5 Å². The minimum absolute atomic E-state index is 0.187. The number of imidazole rings is 1. The summed E-state index contributed by atoms with van der Waals surface area (Å²) in [4.78, 5) is 45.4. The van der Waals surface area contributed by atoms with Gasteiger partial charge in [-0.05, 0) is 61.5 Å². The number of methoxy groups -OCH3 is 1. The number of carbonyl (C=O) groups excluding carboxylic acids is 2. The molecule has 3 N–H and O–H groups in total. The molecule has 1 unspecified atom stereocenters. The number of aromatic nitrogens is 4. The van der Waals surface area contributed by atoms with Crippen LogP contribution in [-0.2, 0) is 9.53 Å². The number of hydrogen-bond acceptors (Lipinski definition) is 6. The van der Waals surface area contributed by atoms with Gasteiger partial charge in [0.1, 0.15) is 17.4 Å². The van der Waals surface area contributed by atoms with Crippen LogP contribution in [-0.4, -0.2) is 44.8 Å². The summed E-state index contributed by atoms with van der Waals surface area (Å²) in [6.07, 6.45) is -1.11. The van der Waals surface area contributed by atoms with Crippen molar-refractivity contribution in [1.82, 2.24) is 19.7 Å². The van der Waals surface area contributed by atoms with Crippen molar-refractivity contribution < 1.29 is 19.1 Å². The average molecular weight is 498 g/mol. The number of nitrogens with zero attached hydrogens (tertiary/aromatic N) is 2. The van der Waals surface area contributed by atoms with Gasteiger partial charge in [0.25, 0.3) is 11.5 Å². The molecule has 0 bridgehead atoms. The molecule has 10 nitrogen and oxygen atoms in total. The van der Waals surface area contributed by atoms with E-state index in [9.17, 15) is 14.4 Å². The molecule has 10 heteroatoms. The van der Waals surface area contributed by atoms with Gasteiger partial charge in [0.2, 0.25) is 0 Å². The highest BCUT2D eigenvalue weighted by Crippen LogP contribution is 2.24. The molecule has 5 aromatic rings. The normalized spacial score (nSPS) is 11.7. The van der Waals surface area contributed by atoms with Crippen LogP contribution >= 0.6 is 0 Å². The summed E-state index contributed by atoms with van der Waals surface area (Å²) in [6, 6.07) is 22.5. The Morgan fingerprint density at radius 2 is 1.76 bits per heavy atom. The Labute approximate surface area is 210 Å². The molecule has 186 valence electrons. The van der Waals surface area contributed by atoms with Gasteiger partial charge in [0, 0.05) is 11.6 Å². The Morgan fingerprint density at radius 3 is 2.49 bits per heavy atom. The molecule has 37 heavy (non-hydrogen) atoms. The quantitative estimate of drug-likeness (QED) is 0.292. The summed E-state index contributed by atoms with van der Waals surface area (Å²) < 4.78 is 11.8. The number of hydrogen-bond donors (Lipinski definition) is 3. The van der Waals surface area contributed by atoms with Crippen molar-refractivity contribution in [1.29, 1.82) is 0 Å². The van der Waals surface area contributed by atoms with E-state index in [0.29, 0.717) is 22.5 Å². The highest BCUT2D eigenvalue weighted by Gasteiger charge is 2.21. The number of para-hydroxylation sites is 1. The molecule has 1 amide bonds. The van der Waals surface area contributed by atoms with Gasteiger partial charge >= 0.3 is 5.97 Å². The summed E-state index contributed by atoms with van der Waals surface area (Å²) in [5, 5.41) is 5.40. The van der Waals surface area contributed by atoms with E-state index < -0.39 is 18.0 Å². The zero-order valence-electron chi connectivity index (χ0n) is 20.0. The summed E-state index contributed by atoms with van der Waals surface area (Å²) >= 11 is 0. The molecule has 0 saturated carbocycles. The topological polar surface area (TPSA) is 131 Å². The largest absolute Gasteiger partial charge is 0.497 e. The molecule has 3 aromatic carbocycles. The standard InChI is InChI=1S/C27H23N5O5/c1-16(26(34)30-23-15-24(33)32(31-23)19-6-4-3-5-7-19)37-27(35)18-10-13-21-22(14-18)29-25(28-21)17-8-11-20(36-2)12-9-17/h3-16,31H,1-2H3,(H,28,29)(H,30,34). The van der Waals surface area contributed by atoms with Crippen LogP contribution in [0.1, 0.15) is 17.3 Å². The first-order valence-corrected chi connectivity index (χ1v) is 11.4. The van der Waals surface area contributed by atoms with Gasteiger partial charge in [0.15, 0.2) is 6.10 Å². The van der Waals surface area contributed by atoms with Crippen molar-refractivity contribution in [2.24, 2.45) is 0 Å². The van der Waals surface area contributed by atoms with Crippen LogP contribution in [0.15, 0.2) is 83.7 Å². The zero-order chi connectivity index (χ0) is 25.9. The van der Waals surface area contributed by atoms with Crippen molar-refractivity contribution in [3.8, 4) is 22.8 Å². The Bertz CT molecular complexity index is 1630. The Balaban J connectivity index is 1.26. The number of amides is 1. The van der Waals surface area contributed by atoms with E-state index in [1.807, 2.05) is 30.3 Å². The maximum atomic E-state index is 12.7. The molecule has 0 saturated heterocycles. The van der Waals surface area contributed by atoms with Crippen LogP contribution in [0.3, 0.4) is 0 Å². The van der Waals surface area contributed by atoms with E-state index in [-0.39, 0.29) is 16.9 Å². The predicted molar refractivity (Wildman–Crippen MR) is 138 cm³/mol. The lowest BCUT2D eigenvalue weighted by Gasteiger charge is -2.12. The van der Waals surface area contributed by atoms with Gasteiger partial charge in [-0.3, -0.25) is 14.7 Å². The maximum absolute atomic E-state index is 12.7. The zero-order valence-corrected chi connectivity index (χ0v) is 20.0. The van der Waals surface area contributed by atoms with Crippen LogP contribution in [0.2, 0.25) is 0 Å². The number of H-pyrrole nitrogens is 2. The van der Waals surface area contributed by atoms with Crippen molar-refractivity contribution in [3.63, 3.8) is 0 Å². The summed E-state index contributed by atoms with van der Waals surface area (Å²) in [5.74, 6) is 0.321. The van der Waals surface area contributed by atoms with Crippen LogP contribution in [0.5, 0.6) is 5.75 Å². The highest BCUT2D eigenvalue weighted by molar-refractivity contribution is 5.98. The van der Waals surface area contributed by atoms with Crippen LogP contribution in [0.25, 0.3) is 28.1 Å². The van der Waals surface area contributed by atoms with Gasteiger partial charge < -0.3 is 19.8 Å². The van der Waals surface area contributed by atoms with Gasteiger partial charge in [-0.15, -0.1) is 0 Å². The maximum Gasteiger partial charge on any atom is 0.338 e. The fourth-order valence-corrected chi connectivity index (χ4v) is 3.77. The number of esters is 1.